The van der Waals surface area contributed by atoms with Gasteiger partial charge in [-0.15, -0.1) is 0 Å². The van der Waals surface area contributed by atoms with E-state index in [0.717, 1.165) is 17.8 Å². The van der Waals surface area contributed by atoms with E-state index in [4.69, 9.17) is 0 Å². The first-order valence-corrected chi connectivity index (χ1v) is 7.18. The van der Waals surface area contributed by atoms with Gasteiger partial charge in [-0.05, 0) is 75.5 Å². The number of aromatic nitrogens is 2. The Morgan fingerprint density at radius 1 is 1.00 bits per heavy atom. The second-order valence-corrected chi connectivity index (χ2v) is 7.01. The molecular weight excluding hydrogens is 208 g/mol. The molecule has 0 atom stereocenters. The Hall–Kier alpha value is -0.790. The fourth-order valence-corrected chi connectivity index (χ4v) is 5.75. The van der Waals surface area contributed by atoms with Crippen molar-refractivity contribution in [2.75, 3.05) is 0 Å². The zero-order chi connectivity index (χ0) is 11.6. The molecule has 4 aliphatic rings. The van der Waals surface area contributed by atoms with Crippen LogP contribution in [0.25, 0.3) is 0 Å². The van der Waals surface area contributed by atoms with E-state index in [0.29, 0.717) is 5.41 Å². The van der Waals surface area contributed by atoms with Crippen molar-refractivity contribution in [3.8, 4) is 0 Å². The van der Waals surface area contributed by atoms with Crippen LogP contribution >= 0.6 is 0 Å². The minimum absolute atomic E-state index is 0.510. The second kappa shape index (κ2) is 3.15. The summed E-state index contributed by atoms with van der Waals surface area (Å²) in [5.41, 5.74) is 4.71. The Morgan fingerprint density at radius 3 is 1.94 bits per heavy atom. The molecule has 1 heterocycles. The summed E-state index contributed by atoms with van der Waals surface area (Å²) in [6.45, 7) is 4.41. The van der Waals surface area contributed by atoms with Gasteiger partial charge in [0, 0.05) is 11.3 Å². The molecule has 0 unspecified atom stereocenters. The lowest BCUT2D eigenvalue weighted by Crippen LogP contribution is -2.49. The highest BCUT2D eigenvalue weighted by Crippen LogP contribution is 2.61. The zero-order valence-electron chi connectivity index (χ0n) is 10.9. The van der Waals surface area contributed by atoms with Crippen LogP contribution in [0.15, 0.2) is 0 Å². The Labute approximate surface area is 103 Å². The highest BCUT2D eigenvalue weighted by atomic mass is 15.1. The van der Waals surface area contributed by atoms with E-state index >= 15 is 0 Å². The first-order valence-electron chi connectivity index (χ1n) is 7.18. The summed E-state index contributed by atoms with van der Waals surface area (Å²) in [6.07, 6.45) is 8.90. The van der Waals surface area contributed by atoms with Gasteiger partial charge >= 0.3 is 0 Å². The van der Waals surface area contributed by atoms with Gasteiger partial charge in [0.05, 0.1) is 5.69 Å². The number of rotatable bonds is 1. The molecule has 92 valence electrons. The second-order valence-electron chi connectivity index (χ2n) is 7.01. The molecule has 0 spiro atoms. The first-order chi connectivity index (χ1) is 8.16. The minimum atomic E-state index is 0.510. The lowest BCUT2D eigenvalue weighted by Gasteiger charge is -2.57. The van der Waals surface area contributed by atoms with E-state index in [9.17, 15) is 0 Å². The molecule has 2 heteroatoms. The Kier molecular flexibility index (Phi) is 1.88. The van der Waals surface area contributed by atoms with Crippen molar-refractivity contribution in [1.82, 2.24) is 10.2 Å². The van der Waals surface area contributed by atoms with Gasteiger partial charge in [-0.1, -0.05) is 0 Å². The van der Waals surface area contributed by atoms with Gasteiger partial charge in [0.15, 0.2) is 0 Å². The molecular formula is C15H22N2. The van der Waals surface area contributed by atoms with E-state index in [1.165, 1.54) is 49.9 Å². The highest BCUT2D eigenvalue weighted by Gasteiger charge is 2.52. The van der Waals surface area contributed by atoms with Crippen LogP contribution in [0.3, 0.4) is 0 Å². The van der Waals surface area contributed by atoms with Gasteiger partial charge in [-0.2, -0.15) is 5.10 Å². The quantitative estimate of drug-likeness (QED) is 0.786. The van der Waals surface area contributed by atoms with Gasteiger partial charge in [0.2, 0.25) is 0 Å². The maximum atomic E-state index is 4.45. The Morgan fingerprint density at radius 2 is 1.53 bits per heavy atom. The van der Waals surface area contributed by atoms with Gasteiger partial charge < -0.3 is 0 Å². The van der Waals surface area contributed by atoms with Crippen LogP contribution < -0.4 is 0 Å². The number of hydrogen-bond acceptors (Lipinski definition) is 1. The molecule has 0 radical (unpaired) electrons. The number of H-pyrrole nitrogens is 1. The average Bonchev–Trinajstić information content (AvgIpc) is 2.56. The van der Waals surface area contributed by atoms with Crippen LogP contribution in [-0.4, -0.2) is 10.2 Å². The lowest BCUT2D eigenvalue weighted by atomic mass is 9.48. The summed E-state index contributed by atoms with van der Waals surface area (Å²) in [5.74, 6) is 3.07. The van der Waals surface area contributed by atoms with Crippen molar-refractivity contribution in [3.63, 3.8) is 0 Å². The van der Waals surface area contributed by atoms with E-state index in [1.807, 2.05) is 0 Å². The van der Waals surface area contributed by atoms with Gasteiger partial charge in [0.25, 0.3) is 0 Å². The number of nitrogens with one attached hydrogen (secondary N) is 1. The van der Waals surface area contributed by atoms with Crippen LogP contribution in [-0.2, 0) is 5.41 Å². The summed E-state index contributed by atoms with van der Waals surface area (Å²) in [5, 5.41) is 7.66. The minimum Gasteiger partial charge on any atom is -0.282 e. The molecule has 0 amide bonds. The molecule has 2 nitrogen and oxygen atoms in total. The third kappa shape index (κ3) is 1.30. The molecule has 4 saturated carbocycles. The molecule has 4 fully saturated rings. The lowest BCUT2D eigenvalue weighted by molar-refractivity contribution is -0.00572. The molecule has 17 heavy (non-hydrogen) atoms. The van der Waals surface area contributed by atoms with Crippen LogP contribution in [0.1, 0.15) is 55.5 Å². The van der Waals surface area contributed by atoms with Crippen molar-refractivity contribution in [2.45, 2.75) is 57.8 Å². The van der Waals surface area contributed by atoms with Crippen LogP contribution in [0.5, 0.6) is 0 Å². The maximum Gasteiger partial charge on any atom is 0.0631 e. The van der Waals surface area contributed by atoms with Gasteiger partial charge in [0.1, 0.15) is 0 Å². The summed E-state index contributed by atoms with van der Waals surface area (Å²) in [6, 6.07) is 0. The Bertz CT molecular complexity index is 403. The number of aromatic amines is 1. The van der Waals surface area contributed by atoms with Crippen molar-refractivity contribution >= 4 is 0 Å². The molecule has 4 bridgehead atoms. The Balaban J connectivity index is 1.82. The molecule has 0 aromatic carbocycles. The zero-order valence-corrected chi connectivity index (χ0v) is 10.9. The standard InChI is InChI=1S/C15H22N2/c1-9-14(10(2)17-16-9)15-6-11-3-12(7-15)5-13(4-11)8-15/h11-13H,3-8H2,1-2H3,(H,16,17). The highest BCUT2D eigenvalue weighted by molar-refractivity contribution is 5.35. The fourth-order valence-electron chi connectivity index (χ4n) is 5.75. The molecule has 1 aromatic rings. The molecule has 0 saturated heterocycles. The molecule has 5 rings (SSSR count). The molecule has 0 aliphatic heterocycles. The van der Waals surface area contributed by atoms with Gasteiger partial charge in [-0.3, -0.25) is 5.10 Å². The van der Waals surface area contributed by atoms with Crippen LogP contribution in [0, 0.1) is 31.6 Å². The summed E-state index contributed by atoms with van der Waals surface area (Å²) in [4.78, 5) is 0. The van der Waals surface area contributed by atoms with E-state index in [1.54, 1.807) is 5.56 Å². The predicted molar refractivity (Wildman–Crippen MR) is 67.9 cm³/mol. The van der Waals surface area contributed by atoms with Crippen molar-refractivity contribution < 1.29 is 0 Å². The summed E-state index contributed by atoms with van der Waals surface area (Å²) in [7, 11) is 0. The van der Waals surface area contributed by atoms with Crippen molar-refractivity contribution in [1.29, 1.82) is 0 Å². The predicted octanol–water partition coefficient (Wildman–Crippen LogP) is 3.49. The summed E-state index contributed by atoms with van der Waals surface area (Å²) < 4.78 is 0. The number of nitrogens with zero attached hydrogens (tertiary/aromatic N) is 1. The van der Waals surface area contributed by atoms with Crippen LogP contribution in [0.4, 0.5) is 0 Å². The molecule has 1 N–H and O–H groups in total. The molecule has 4 aliphatic carbocycles. The average molecular weight is 230 g/mol. The smallest absolute Gasteiger partial charge is 0.0631 e. The normalized spacial score (nSPS) is 43.3. The monoisotopic (exact) mass is 230 g/mol. The topological polar surface area (TPSA) is 28.7 Å². The van der Waals surface area contributed by atoms with Crippen molar-refractivity contribution in [3.05, 3.63) is 17.0 Å². The maximum absolute atomic E-state index is 4.45. The number of hydrogen-bond donors (Lipinski definition) is 1. The van der Waals surface area contributed by atoms with Crippen molar-refractivity contribution in [2.24, 2.45) is 17.8 Å². The van der Waals surface area contributed by atoms with E-state index < -0.39 is 0 Å². The first kappa shape index (κ1) is 10.2. The number of aryl methyl sites for hydroxylation is 2. The molecule has 1 aromatic heterocycles. The fraction of sp³-hybridized carbons (Fsp3) is 0.800. The third-order valence-corrected chi connectivity index (χ3v) is 5.70. The summed E-state index contributed by atoms with van der Waals surface area (Å²) >= 11 is 0. The SMILES string of the molecule is Cc1n[nH]c(C)c1C12CC3CC(CC(C3)C1)C2. The van der Waals surface area contributed by atoms with Gasteiger partial charge in [-0.25, -0.2) is 0 Å². The largest absolute Gasteiger partial charge is 0.282 e. The third-order valence-electron chi connectivity index (χ3n) is 5.70. The van der Waals surface area contributed by atoms with Crippen LogP contribution in [0.2, 0.25) is 0 Å². The van der Waals surface area contributed by atoms with E-state index in [-0.39, 0.29) is 0 Å². The van der Waals surface area contributed by atoms with E-state index in [2.05, 4.69) is 24.0 Å².